The summed E-state index contributed by atoms with van der Waals surface area (Å²) < 4.78 is 19.8. The Labute approximate surface area is 290 Å². The Kier molecular flexibility index (Phi) is 25.2. The molecule has 0 spiro atoms. The number of halogens is 1. The number of pyridine rings is 1. The van der Waals surface area contributed by atoms with Gasteiger partial charge in [0.15, 0.2) is 0 Å². The number of amidine groups is 1. The van der Waals surface area contributed by atoms with Crippen LogP contribution in [0.15, 0.2) is 41.4 Å². The molecule has 0 saturated carbocycles. The average Bonchev–Trinajstić information content (AvgIpc) is 2.92. The monoisotopic (exact) mass is 814 g/mol. The number of benzene rings is 1. The molecule has 1 unspecified atom stereocenters. The van der Waals surface area contributed by atoms with Crippen LogP contribution in [0.3, 0.4) is 0 Å². The van der Waals surface area contributed by atoms with Crippen LogP contribution in [0, 0.1) is 31.5 Å². The molecule has 2 aromatic rings. The molecule has 1 aromatic heterocycles. The van der Waals surface area contributed by atoms with E-state index in [1.54, 1.807) is 25.1 Å². The van der Waals surface area contributed by atoms with Crippen LogP contribution in [-0.4, -0.2) is 70.2 Å². The molecule has 1 aromatic carbocycles. The first-order chi connectivity index (χ1) is 20.4. The van der Waals surface area contributed by atoms with Gasteiger partial charge in [-0.3, -0.25) is 9.89 Å². The van der Waals surface area contributed by atoms with E-state index < -0.39 is 5.82 Å². The Morgan fingerprint density at radius 3 is 2.29 bits per heavy atom. The molecule has 3 heterocycles. The van der Waals surface area contributed by atoms with Gasteiger partial charge in [0.1, 0.15) is 18.3 Å². The van der Waals surface area contributed by atoms with Gasteiger partial charge in [-0.25, -0.2) is 9.37 Å². The largest absolute Gasteiger partial charge is 2.00 e. The van der Waals surface area contributed by atoms with Crippen LogP contribution >= 0.6 is 11.8 Å². The number of thioether (sulfide) groups is 1. The summed E-state index contributed by atoms with van der Waals surface area (Å²) in [5.41, 5.74) is 12.8. The maximum Gasteiger partial charge on any atom is 2.00 e. The Morgan fingerprint density at radius 1 is 1.22 bits per heavy atom. The second-order valence-corrected chi connectivity index (χ2v) is 12.7. The van der Waals surface area contributed by atoms with Crippen molar-refractivity contribution in [3.63, 3.8) is 0 Å². The number of nitrogens with two attached hydrogens (primary N) is 2. The molecule has 2 aliphatic heterocycles. The van der Waals surface area contributed by atoms with Crippen molar-refractivity contribution in [2.75, 3.05) is 38.5 Å². The second-order valence-electron chi connectivity index (χ2n) is 11.3. The fourth-order valence-corrected chi connectivity index (χ4v) is 4.69. The fraction of sp³-hybridized carbons (Fsp3) is 0.559. The summed E-state index contributed by atoms with van der Waals surface area (Å²) in [5.74, 6) is 2.39. The third kappa shape index (κ3) is 20.7. The summed E-state index contributed by atoms with van der Waals surface area (Å²) in [4.78, 5) is 11.6. The van der Waals surface area contributed by atoms with E-state index in [9.17, 15) is 4.39 Å². The van der Waals surface area contributed by atoms with Crippen molar-refractivity contribution < 1.29 is 35.3 Å². The number of aliphatic imine (C=N–C) groups is 1. The molecule has 2 fully saturated rings. The minimum absolute atomic E-state index is 0. The maximum atomic E-state index is 14.1. The van der Waals surface area contributed by atoms with Gasteiger partial charge in [0, 0.05) is 35.1 Å². The molecule has 0 bridgehead atoms. The second kappa shape index (κ2) is 25.1. The molecule has 0 radical (unpaired) electrons. The molecule has 8 nitrogen and oxygen atoms in total. The third-order valence-corrected chi connectivity index (χ3v) is 7.31. The number of rotatable bonds is 8. The number of piperidine rings is 1. The summed E-state index contributed by atoms with van der Waals surface area (Å²) in [6, 6.07) is 12.1. The summed E-state index contributed by atoms with van der Waals surface area (Å²) in [6.45, 7) is 17.0. The van der Waals surface area contributed by atoms with Gasteiger partial charge in [0.2, 0.25) is 5.88 Å². The smallest absolute Gasteiger partial charge is 0.473 e. The first kappa shape index (κ1) is 45.1. The molecule has 4 rings (SSSR count). The van der Waals surface area contributed by atoms with E-state index in [0.717, 1.165) is 50.6 Å². The zero-order chi connectivity index (χ0) is 32.3. The molecule has 45 heavy (non-hydrogen) atoms. The van der Waals surface area contributed by atoms with Crippen molar-refractivity contribution in [2.45, 2.75) is 83.6 Å². The van der Waals surface area contributed by atoms with Gasteiger partial charge in [-0.2, -0.15) is 17.0 Å². The van der Waals surface area contributed by atoms with E-state index in [4.69, 9.17) is 26.6 Å². The van der Waals surface area contributed by atoms with E-state index >= 15 is 0 Å². The van der Waals surface area contributed by atoms with E-state index in [2.05, 4.69) is 35.6 Å². The molecular weight excluding hydrogens is 759 g/mol. The van der Waals surface area contributed by atoms with Crippen molar-refractivity contribution in [1.29, 1.82) is 5.26 Å². The number of nitriles is 1. The van der Waals surface area contributed by atoms with Crippen LogP contribution in [0.2, 0.25) is 0 Å². The molecule has 2 saturated heterocycles. The first-order valence-corrected chi connectivity index (χ1v) is 16.1. The predicted molar refractivity (Wildman–Crippen MR) is 184 cm³/mol. The minimum Gasteiger partial charge on any atom is -0.473 e. The summed E-state index contributed by atoms with van der Waals surface area (Å²) in [5, 5.41) is 17.1. The van der Waals surface area contributed by atoms with Crippen LogP contribution in [0.25, 0.3) is 0 Å². The van der Waals surface area contributed by atoms with Crippen LogP contribution < -0.4 is 16.2 Å². The number of hydrogen-bond acceptors (Lipinski definition) is 8. The topological polar surface area (TPSA) is 134 Å². The number of aromatic nitrogens is 1. The van der Waals surface area contributed by atoms with Crippen LogP contribution in [0.4, 0.5) is 4.39 Å². The van der Waals surface area contributed by atoms with Crippen molar-refractivity contribution in [1.82, 2.24) is 9.88 Å². The number of aliphatic hydroxyl groups excluding tert-OH is 1. The van der Waals surface area contributed by atoms with E-state index in [1.807, 2.05) is 43.8 Å². The number of hydrogen-bond donors (Lipinski definition) is 3. The summed E-state index contributed by atoms with van der Waals surface area (Å²) in [6.07, 6.45) is 4.52. The van der Waals surface area contributed by atoms with Crippen LogP contribution in [0.1, 0.15) is 83.0 Å². The van der Waals surface area contributed by atoms with Gasteiger partial charge >= 0.3 is 21.1 Å². The fourth-order valence-electron chi connectivity index (χ4n) is 3.94. The van der Waals surface area contributed by atoms with Crippen LogP contribution in [0.5, 0.6) is 5.88 Å². The zero-order valence-corrected chi connectivity index (χ0v) is 31.8. The number of likely N-dealkylation sites (tertiary alicyclic amines) is 1. The van der Waals surface area contributed by atoms with E-state index in [0.29, 0.717) is 28.2 Å². The Balaban J connectivity index is 0. The Hall–Kier alpha value is -2.02. The predicted octanol–water partition coefficient (Wildman–Crippen LogP) is 6.13. The van der Waals surface area contributed by atoms with Crippen molar-refractivity contribution in [3.8, 4) is 11.9 Å². The Bertz CT molecular complexity index is 1120. The zero-order valence-electron chi connectivity index (χ0n) is 28.1. The normalized spacial score (nSPS) is 16.3. The number of aliphatic hydroxyl groups is 1. The standard InChI is InChI=1S/C24H28FN5OS.C4H10N.C3H8.C2H6O.CH3.W/c25-21-12-17(13-26)4-5-19(21)16-31-24-3-1-2-22(29-24)18-6-9-30(10-7-18)15-23(27)28-14-20-8-11-32-20;1-4(2,3)5;1-3-2;1-2-3;;/h1-5,12,18,20H,6-11,14-16H2,(H2,27,28);1,5H2,2-3H3;3H2,1-2H3;3H,2H2,1H3;1H3;/q;-1;;;-1;+2. The summed E-state index contributed by atoms with van der Waals surface area (Å²) in [7, 11) is 0. The maximum absolute atomic E-state index is 14.1. The van der Waals surface area contributed by atoms with Crippen molar-refractivity contribution in [3.05, 3.63) is 73.4 Å². The molecule has 0 amide bonds. The minimum atomic E-state index is -0.443. The van der Waals surface area contributed by atoms with Gasteiger partial charge in [0.25, 0.3) is 0 Å². The number of ether oxygens (including phenoxy) is 1. The molecule has 5 N–H and O–H groups in total. The van der Waals surface area contributed by atoms with Gasteiger partial charge in [-0.05, 0) is 63.2 Å². The van der Waals surface area contributed by atoms with Crippen molar-refractivity contribution in [2.24, 2.45) is 16.5 Å². The molecule has 11 heteroatoms. The van der Waals surface area contributed by atoms with Gasteiger partial charge < -0.3 is 35.7 Å². The van der Waals surface area contributed by atoms with Crippen LogP contribution in [-0.2, 0) is 27.7 Å². The molecule has 2 aliphatic rings. The number of nitrogens with zero attached hydrogens (tertiary/aromatic N) is 4. The molecule has 1 atom stereocenters. The van der Waals surface area contributed by atoms with E-state index in [-0.39, 0.29) is 47.2 Å². The molecule has 252 valence electrons. The van der Waals surface area contributed by atoms with Gasteiger partial charge in [-0.15, -0.1) is 5.54 Å². The first-order valence-electron chi connectivity index (χ1n) is 15.1. The summed E-state index contributed by atoms with van der Waals surface area (Å²) >= 11 is 1.97. The van der Waals surface area contributed by atoms with Crippen molar-refractivity contribution >= 4 is 17.6 Å². The SMILES string of the molecule is CCC.CCO.N#Cc1ccc(COc2cccc(C3CCN(CC(N)=NCC4CCS4)CC3)n2)c(F)c1.[CH2-]C(C)(C)N.[CH3-].[W+2]. The van der Waals surface area contributed by atoms with E-state index in [1.165, 1.54) is 24.7 Å². The molecule has 0 aliphatic carbocycles. The van der Waals surface area contributed by atoms with Gasteiger partial charge in [0.05, 0.1) is 24.7 Å². The van der Waals surface area contributed by atoms with Gasteiger partial charge in [-0.1, -0.05) is 46.2 Å². The Morgan fingerprint density at radius 2 is 1.80 bits per heavy atom. The quantitative estimate of drug-likeness (QED) is 0.165. The third-order valence-electron chi connectivity index (χ3n) is 5.99. The average molecular weight is 815 g/mol. The molecular formula is C34H55FN6O2SW.